The number of anilines is 1. The van der Waals surface area contributed by atoms with Crippen molar-refractivity contribution in [1.29, 1.82) is 0 Å². The fourth-order valence-electron chi connectivity index (χ4n) is 4.29. The van der Waals surface area contributed by atoms with E-state index in [4.69, 9.17) is 9.40 Å². The van der Waals surface area contributed by atoms with Crippen molar-refractivity contribution in [3.8, 4) is 0 Å². The maximum absolute atomic E-state index is 13.0. The maximum atomic E-state index is 13.0. The molecule has 4 aromatic rings. The van der Waals surface area contributed by atoms with Gasteiger partial charge in [-0.25, -0.2) is 9.97 Å². The summed E-state index contributed by atoms with van der Waals surface area (Å²) in [4.78, 5) is 34.6. The Balaban J connectivity index is 1.57. The van der Waals surface area contributed by atoms with Gasteiger partial charge in [-0.2, -0.15) is 0 Å². The Morgan fingerprint density at radius 2 is 1.97 bits per heavy atom. The van der Waals surface area contributed by atoms with Crippen LogP contribution in [0.3, 0.4) is 0 Å². The summed E-state index contributed by atoms with van der Waals surface area (Å²) < 4.78 is 7.17. The molecule has 0 fully saturated rings. The number of nitrogens with zero attached hydrogens (tertiary/aromatic N) is 3. The Hall–Kier alpha value is -3.48. The third-order valence-electron chi connectivity index (χ3n) is 5.61. The second kappa shape index (κ2) is 7.09. The van der Waals surface area contributed by atoms with E-state index in [0.717, 1.165) is 30.3 Å². The molecule has 0 unspecified atom stereocenters. The number of benzene rings is 1. The van der Waals surface area contributed by atoms with Gasteiger partial charge in [0.15, 0.2) is 0 Å². The molecule has 5 rings (SSSR count). The maximum Gasteiger partial charge on any atom is 0.297 e. The molecule has 0 saturated carbocycles. The summed E-state index contributed by atoms with van der Waals surface area (Å²) in [6, 6.07) is 9.12. The van der Waals surface area contributed by atoms with E-state index in [1.54, 1.807) is 12.1 Å². The highest BCUT2D eigenvalue weighted by Gasteiger charge is 2.26. The average molecular weight is 402 g/mol. The predicted molar refractivity (Wildman–Crippen MR) is 115 cm³/mol. The van der Waals surface area contributed by atoms with Crippen LogP contribution in [0.2, 0.25) is 0 Å². The number of pyridine rings is 1. The molecule has 0 aliphatic heterocycles. The second-order valence-electron chi connectivity index (χ2n) is 8.01. The van der Waals surface area contributed by atoms with Crippen LogP contribution in [-0.2, 0) is 24.2 Å². The highest BCUT2D eigenvalue weighted by molar-refractivity contribution is 6.03. The van der Waals surface area contributed by atoms with Crippen LogP contribution >= 0.6 is 0 Å². The van der Waals surface area contributed by atoms with E-state index in [2.05, 4.69) is 24.1 Å². The van der Waals surface area contributed by atoms with Gasteiger partial charge in [0.1, 0.15) is 12.1 Å². The van der Waals surface area contributed by atoms with Crippen LogP contribution < -0.4 is 10.9 Å². The smallest absolute Gasteiger partial charge is 0.297 e. The standard InChI is InChI=1S/C23H22N4O3/c1-13(2)19-16-10-6-9-15(16)18-20-21(30-22(18)26-19)23(29)27(12-24-20)11-17(28)25-14-7-4-3-5-8-14/h3-5,7-8,12-13H,6,9-11H2,1-2H3,(H,25,28). The number of nitrogens with one attached hydrogen (secondary N) is 1. The van der Waals surface area contributed by atoms with Gasteiger partial charge in [0.25, 0.3) is 5.56 Å². The molecule has 3 aromatic heterocycles. The first kappa shape index (κ1) is 18.5. The van der Waals surface area contributed by atoms with Gasteiger partial charge in [0, 0.05) is 5.69 Å². The quantitative estimate of drug-likeness (QED) is 0.561. The topological polar surface area (TPSA) is 90.0 Å². The molecule has 0 saturated heterocycles. The van der Waals surface area contributed by atoms with Gasteiger partial charge in [-0.05, 0) is 48.4 Å². The van der Waals surface area contributed by atoms with E-state index in [1.165, 1.54) is 22.0 Å². The van der Waals surface area contributed by atoms with Gasteiger partial charge in [-0.3, -0.25) is 14.2 Å². The van der Waals surface area contributed by atoms with Gasteiger partial charge in [-0.1, -0.05) is 32.0 Å². The number of aromatic nitrogens is 3. The van der Waals surface area contributed by atoms with Gasteiger partial charge in [0.05, 0.1) is 17.4 Å². The van der Waals surface area contributed by atoms with Crippen molar-refractivity contribution in [3.05, 3.63) is 63.8 Å². The third-order valence-corrected chi connectivity index (χ3v) is 5.61. The van der Waals surface area contributed by atoms with Crippen LogP contribution in [0.1, 0.15) is 43.0 Å². The Morgan fingerprint density at radius 3 is 2.73 bits per heavy atom. The van der Waals surface area contributed by atoms with Crippen LogP contribution in [-0.4, -0.2) is 20.4 Å². The van der Waals surface area contributed by atoms with Gasteiger partial charge in [-0.15, -0.1) is 0 Å². The average Bonchev–Trinajstić information content (AvgIpc) is 3.34. The lowest BCUT2D eigenvalue weighted by atomic mass is 9.99. The second-order valence-corrected chi connectivity index (χ2v) is 8.01. The molecule has 7 heteroatoms. The molecule has 1 aromatic carbocycles. The minimum absolute atomic E-state index is 0.142. The van der Waals surface area contributed by atoms with Crippen LogP contribution in [0.4, 0.5) is 5.69 Å². The van der Waals surface area contributed by atoms with Gasteiger partial charge >= 0.3 is 0 Å². The Morgan fingerprint density at radius 1 is 1.20 bits per heavy atom. The first-order chi connectivity index (χ1) is 14.5. The minimum Gasteiger partial charge on any atom is -0.430 e. The van der Waals surface area contributed by atoms with E-state index < -0.39 is 0 Å². The number of aryl methyl sites for hydroxylation is 1. The number of furan rings is 1. The summed E-state index contributed by atoms with van der Waals surface area (Å²) in [5.41, 5.74) is 4.97. The Kier molecular flexibility index (Phi) is 4.38. The van der Waals surface area contributed by atoms with Crippen molar-refractivity contribution in [3.63, 3.8) is 0 Å². The summed E-state index contributed by atoms with van der Waals surface area (Å²) in [5.74, 6) is -0.0255. The number of hydrogen-bond acceptors (Lipinski definition) is 5. The van der Waals surface area contributed by atoms with E-state index in [9.17, 15) is 9.59 Å². The van der Waals surface area contributed by atoms with Gasteiger partial charge < -0.3 is 9.73 Å². The summed E-state index contributed by atoms with van der Waals surface area (Å²) in [5, 5.41) is 3.62. The summed E-state index contributed by atoms with van der Waals surface area (Å²) in [6.45, 7) is 4.09. The molecular formula is C23H22N4O3. The normalized spacial score (nSPS) is 13.3. The summed E-state index contributed by atoms with van der Waals surface area (Å²) in [7, 11) is 0. The zero-order valence-electron chi connectivity index (χ0n) is 16.9. The van der Waals surface area contributed by atoms with E-state index in [-0.39, 0.29) is 29.5 Å². The molecule has 152 valence electrons. The van der Waals surface area contributed by atoms with Crippen molar-refractivity contribution >= 4 is 33.8 Å². The lowest BCUT2D eigenvalue weighted by Crippen LogP contribution is -2.27. The summed E-state index contributed by atoms with van der Waals surface area (Å²) in [6.07, 6.45) is 4.42. The molecule has 0 spiro atoms. The van der Waals surface area contributed by atoms with Crippen molar-refractivity contribution in [1.82, 2.24) is 14.5 Å². The van der Waals surface area contributed by atoms with Crippen LogP contribution in [0.15, 0.2) is 45.9 Å². The molecule has 1 aliphatic carbocycles. The fraction of sp³-hybridized carbons (Fsp3) is 0.304. The molecule has 1 amide bonds. The van der Waals surface area contributed by atoms with E-state index in [1.807, 2.05) is 18.2 Å². The largest absolute Gasteiger partial charge is 0.430 e. The van der Waals surface area contributed by atoms with E-state index in [0.29, 0.717) is 16.9 Å². The number of rotatable bonds is 4. The van der Waals surface area contributed by atoms with Crippen molar-refractivity contribution in [2.45, 2.75) is 45.6 Å². The fourth-order valence-corrected chi connectivity index (χ4v) is 4.29. The Labute approximate surface area is 172 Å². The molecule has 0 atom stereocenters. The number of carbonyl (C=O) groups is 1. The van der Waals surface area contributed by atoms with Crippen molar-refractivity contribution in [2.75, 3.05) is 5.32 Å². The number of fused-ring (bicyclic) bond motifs is 5. The van der Waals surface area contributed by atoms with Crippen LogP contribution in [0, 0.1) is 0 Å². The predicted octanol–water partition coefficient (Wildman–Crippen LogP) is 3.79. The number of para-hydroxylation sites is 1. The highest BCUT2D eigenvalue weighted by Crippen LogP contribution is 2.37. The lowest BCUT2D eigenvalue weighted by molar-refractivity contribution is -0.116. The van der Waals surface area contributed by atoms with Gasteiger partial charge in [0.2, 0.25) is 17.2 Å². The first-order valence-corrected chi connectivity index (χ1v) is 10.2. The molecule has 0 bridgehead atoms. The minimum atomic E-state index is -0.376. The van der Waals surface area contributed by atoms with Crippen LogP contribution in [0.5, 0.6) is 0 Å². The first-order valence-electron chi connectivity index (χ1n) is 10.2. The van der Waals surface area contributed by atoms with Crippen LogP contribution in [0.25, 0.3) is 22.2 Å². The third kappa shape index (κ3) is 2.98. The molecule has 1 N–H and O–H groups in total. The number of amides is 1. The molecule has 1 aliphatic rings. The lowest BCUT2D eigenvalue weighted by Gasteiger charge is -2.11. The summed E-state index contributed by atoms with van der Waals surface area (Å²) >= 11 is 0. The zero-order valence-corrected chi connectivity index (χ0v) is 16.9. The molecular weight excluding hydrogens is 380 g/mol. The zero-order chi connectivity index (χ0) is 20.8. The molecule has 30 heavy (non-hydrogen) atoms. The highest BCUT2D eigenvalue weighted by atomic mass is 16.3. The number of hydrogen-bond donors (Lipinski definition) is 1. The Bertz CT molecular complexity index is 1340. The molecule has 0 radical (unpaired) electrons. The van der Waals surface area contributed by atoms with Crippen molar-refractivity contribution in [2.24, 2.45) is 0 Å². The molecule has 7 nitrogen and oxygen atoms in total. The monoisotopic (exact) mass is 402 g/mol. The van der Waals surface area contributed by atoms with Crippen molar-refractivity contribution < 1.29 is 9.21 Å². The molecule has 3 heterocycles. The number of carbonyl (C=O) groups excluding carboxylic acids is 1. The SMILES string of the molecule is CC(C)c1nc2oc3c(=O)n(CC(=O)Nc4ccccc4)cnc3c2c2c1CCC2. The van der Waals surface area contributed by atoms with E-state index >= 15 is 0 Å².